The minimum Gasteiger partial charge on any atom is -0.378 e. The molecule has 0 aliphatic carbocycles. The molecule has 4 rings (SSSR count). The van der Waals surface area contributed by atoms with Crippen LogP contribution in [0.15, 0.2) is 60.9 Å². The van der Waals surface area contributed by atoms with Crippen LogP contribution in [0.25, 0.3) is 11.3 Å². The first-order chi connectivity index (χ1) is 14.1. The predicted octanol–water partition coefficient (Wildman–Crippen LogP) is 2.57. The number of carbonyl (C=O) groups is 1. The van der Waals surface area contributed by atoms with Gasteiger partial charge in [0.05, 0.1) is 5.69 Å². The van der Waals surface area contributed by atoms with Crippen LogP contribution in [0, 0.1) is 0 Å². The summed E-state index contributed by atoms with van der Waals surface area (Å²) in [6.45, 7) is 2.82. The van der Waals surface area contributed by atoms with Gasteiger partial charge in [-0.2, -0.15) is 0 Å². The summed E-state index contributed by atoms with van der Waals surface area (Å²) in [5, 5.41) is 8.72. The van der Waals surface area contributed by atoms with Gasteiger partial charge in [-0.15, -0.1) is 10.2 Å². The van der Waals surface area contributed by atoms with Crippen molar-refractivity contribution in [1.29, 1.82) is 0 Å². The number of pyridine rings is 1. The molecular weight excluding hydrogens is 364 g/mol. The Hall–Kier alpha value is -3.48. The van der Waals surface area contributed by atoms with Crippen molar-refractivity contribution < 1.29 is 4.79 Å². The molecule has 1 fully saturated rings. The third-order valence-electron chi connectivity index (χ3n) is 5.15. The van der Waals surface area contributed by atoms with Crippen LogP contribution in [0.5, 0.6) is 0 Å². The maximum atomic E-state index is 12.8. The van der Waals surface area contributed by atoms with Crippen LogP contribution < -0.4 is 9.80 Å². The summed E-state index contributed by atoms with van der Waals surface area (Å²) in [6, 6.07) is 15.5. The molecule has 0 saturated carbocycles. The van der Waals surface area contributed by atoms with E-state index >= 15 is 0 Å². The Morgan fingerprint density at radius 2 is 1.55 bits per heavy atom. The molecule has 3 aromatic rings. The standard InChI is InChI=1S/C22H24N6O/c1-26(2)19-5-3-18(4-6-19)22(29)28-15-13-27(14-16-28)21-8-7-20(24-25-21)17-9-11-23-12-10-17/h3-12H,13-16H2,1-2H3. The average Bonchev–Trinajstić information content (AvgIpc) is 2.79. The normalized spacial score (nSPS) is 14.0. The number of rotatable bonds is 4. The smallest absolute Gasteiger partial charge is 0.253 e. The van der Waals surface area contributed by atoms with E-state index in [0.29, 0.717) is 13.1 Å². The number of amides is 1. The van der Waals surface area contributed by atoms with Gasteiger partial charge in [-0.05, 0) is 48.5 Å². The Morgan fingerprint density at radius 1 is 0.862 bits per heavy atom. The molecule has 0 spiro atoms. The fourth-order valence-electron chi connectivity index (χ4n) is 3.39. The van der Waals surface area contributed by atoms with Gasteiger partial charge < -0.3 is 14.7 Å². The van der Waals surface area contributed by atoms with E-state index in [1.807, 2.05) is 72.4 Å². The molecule has 148 valence electrons. The van der Waals surface area contributed by atoms with Crippen LogP contribution >= 0.6 is 0 Å². The van der Waals surface area contributed by atoms with Crippen molar-refractivity contribution in [2.24, 2.45) is 0 Å². The molecule has 0 N–H and O–H groups in total. The van der Waals surface area contributed by atoms with Crippen LogP contribution in [0.2, 0.25) is 0 Å². The minimum absolute atomic E-state index is 0.0778. The molecule has 0 atom stereocenters. The number of hydrogen-bond donors (Lipinski definition) is 0. The molecule has 3 heterocycles. The quantitative estimate of drug-likeness (QED) is 0.684. The molecular formula is C22H24N6O. The number of hydrogen-bond acceptors (Lipinski definition) is 6. The topological polar surface area (TPSA) is 65.5 Å². The van der Waals surface area contributed by atoms with Crippen molar-refractivity contribution in [2.75, 3.05) is 50.1 Å². The van der Waals surface area contributed by atoms with E-state index in [1.54, 1.807) is 12.4 Å². The first kappa shape index (κ1) is 18.9. The van der Waals surface area contributed by atoms with E-state index in [9.17, 15) is 4.79 Å². The summed E-state index contributed by atoms with van der Waals surface area (Å²) in [4.78, 5) is 22.9. The molecule has 29 heavy (non-hydrogen) atoms. The van der Waals surface area contributed by atoms with Crippen molar-refractivity contribution in [3.63, 3.8) is 0 Å². The van der Waals surface area contributed by atoms with Crippen LogP contribution in [0.3, 0.4) is 0 Å². The van der Waals surface area contributed by atoms with Gasteiger partial charge in [-0.3, -0.25) is 9.78 Å². The molecule has 0 unspecified atom stereocenters. The number of piperazine rings is 1. The molecule has 7 nitrogen and oxygen atoms in total. The third kappa shape index (κ3) is 4.18. The zero-order valence-electron chi connectivity index (χ0n) is 16.7. The Labute approximate surface area is 170 Å². The van der Waals surface area contributed by atoms with Crippen molar-refractivity contribution in [2.45, 2.75) is 0 Å². The summed E-state index contributed by atoms with van der Waals surface area (Å²) in [6.07, 6.45) is 3.49. The van der Waals surface area contributed by atoms with E-state index in [1.165, 1.54) is 0 Å². The van der Waals surface area contributed by atoms with Gasteiger partial charge in [0.2, 0.25) is 0 Å². The van der Waals surface area contributed by atoms with Gasteiger partial charge in [-0.25, -0.2) is 0 Å². The van der Waals surface area contributed by atoms with Gasteiger partial charge in [0, 0.05) is 69.5 Å². The van der Waals surface area contributed by atoms with Crippen molar-refractivity contribution in [3.05, 3.63) is 66.5 Å². The van der Waals surface area contributed by atoms with E-state index in [-0.39, 0.29) is 5.91 Å². The summed E-state index contributed by atoms with van der Waals surface area (Å²) >= 11 is 0. The monoisotopic (exact) mass is 388 g/mol. The highest BCUT2D eigenvalue weighted by atomic mass is 16.2. The lowest BCUT2D eigenvalue weighted by Crippen LogP contribution is -2.49. The summed E-state index contributed by atoms with van der Waals surface area (Å²) in [5.41, 5.74) is 3.63. The lowest BCUT2D eigenvalue weighted by atomic mass is 10.1. The first-order valence-electron chi connectivity index (χ1n) is 9.67. The number of aromatic nitrogens is 3. The SMILES string of the molecule is CN(C)c1ccc(C(=O)N2CCN(c3ccc(-c4ccncc4)nn3)CC2)cc1. The molecule has 0 bridgehead atoms. The van der Waals surface area contributed by atoms with E-state index < -0.39 is 0 Å². The highest BCUT2D eigenvalue weighted by Gasteiger charge is 2.23. The van der Waals surface area contributed by atoms with Crippen LogP contribution in [0.1, 0.15) is 10.4 Å². The van der Waals surface area contributed by atoms with E-state index in [2.05, 4.69) is 20.1 Å². The predicted molar refractivity (Wildman–Crippen MR) is 114 cm³/mol. The Kier molecular flexibility index (Phi) is 5.37. The lowest BCUT2D eigenvalue weighted by Gasteiger charge is -2.35. The molecule has 1 aliphatic heterocycles. The van der Waals surface area contributed by atoms with Gasteiger partial charge >= 0.3 is 0 Å². The first-order valence-corrected chi connectivity index (χ1v) is 9.67. The van der Waals surface area contributed by atoms with Crippen molar-refractivity contribution in [3.8, 4) is 11.3 Å². The number of benzene rings is 1. The molecule has 1 saturated heterocycles. The van der Waals surface area contributed by atoms with Gasteiger partial charge in [-0.1, -0.05) is 0 Å². The van der Waals surface area contributed by atoms with E-state index in [0.717, 1.165) is 41.4 Å². The third-order valence-corrected chi connectivity index (χ3v) is 5.15. The van der Waals surface area contributed by atoms with E-state index in [4.69, 9.17) is 0 Å². The lowest BCUT2D eigenvalue weighted by molar-refractivity contribution is 0.0746. The summed E-state index contributed by atoms with van der Waals surface area (Å²) in [7, 11) is 3.98. The molecule has 2 aromatic heterocycles. The maximum Gasteiger partial charge on any atom is 0.253 e. The zero-order chi connectivity index (χ0) is 20.2. The van der Waals surface area contributed by atoms with Gasteiger partial charge in [0.15, 0.2) is 5.82 Å². The average molecular weight is 388 g/mol. The van der Waals surface area contributed by atoms with Crippen molar-refractivity contribution >= 4 is 17.4 Å². The second-order valence-corrected chi connectivity index (χ2v) is 7.23. The molecule has 0 radical (unpaired) electrons. The zero-order valence-corrected chi connectivity index (χ0v) is 16.7. The molecule has 7 heteroatoms. The summed E-state index contributed by atoms with van der Waals surface area (Å²) < 4.78 is 0. The Morgan fingerprint density at radius 3 is 2.14 bits per heavy atom. The molecule has 1 aromatic carbocycles. The van der Waals surface area contributed by atoms with Crippen LogP contribution in [-0.4, -0.2) is 66.3 Å². The Balaban J connectivity index is 1.37. The van der Waals surface area contributed by atoms with Gasteiger partial charge in [0.1, 0.15) is 0 Å². The summed E-state index contributed by atoms with van der Waals surface area (Å²) in [5.74, 6) is 0.916. The second kappa shape index (κ2) is 8.26. The molecule has 1 aliphatic rings. The van der Waals surface area contributed by atoms with Gasteiger partial charge in [0.25, 0.3) is 5.91 Å². The minimum atomic E-state index is 0.0778. The fourth-order valence-corrected chi connectivity index (χ4v) is 3.39. The van der Waals surface area contributed by atoms with Crippen molar-refractivity contribution in [1.82, 2.24) is 20.1 Å². The largest absolute Gasteiger partial charge is 0.378 e. The number of nitrogens with zero attached hydrogens (tertiary/aromatic N) is 6. The second-order valence-electron chi connectivity index (χ2n) is 7.23. The van der Waals surface area contributed by atoms with Crippen LogP contribution in [0.4, 0.5) is 11.5 Å². The fraction of sp³-hybridized carbons (Fsp3) is 0.273. The number of anilines is 2. The maximum absolute atomic E-state index is 12.8. The highest BCUT2D eigenvalue weighted by molar-refractivity contribution is 5.94. The number of carbonyl (C=O) groups excluding carboxylic acids is 1. The van der Waals surface area contributed by atoms with Crippen LogP contribution in [-0.2, 0) is 0 Å². The Bertz CT molecular complexity index is 949. The highest BCUT2D eigenvalue weighted by Crippen LogP contribution is 2.20. The molecule has 1 amide bonds.